The molecule has 1 N–H and O–H groups in total. The maximum absolute atomic E-state index is 11.4. The van der Waals surface area contributed by atoms with Gasteiger partial charge in [0.15, 0.2) is 0 Å². The molecule has 0 unspecified atom stereocenters. The summed E-state index contributed by atoms with van der Waals surface area (Å²) in [6, 6.07) is 8.58. The van der Waals surface area contributed by atoms with E-state index in [4.69, 9.17) is 9.47 Å². The summed E-state index contributed by atoms with van der Waals surface area (Å²) in [7, 11) is 0. The quantitative estimate of drug-likeness (QED) is 0.811. The minimum atomic E-state index is -0.715. The summed E-state index contributed by atoms with van der Waals surface area (Å²) in [5.74, 6) is -0.478. The van der Waals surface area contributed by atoms with Gasteiger partial charge in [0.25, 0.3) is 0 Å². The topological polar surface area (TPSA) is 64.6 Å². The molecule has 0 spiro atoms. The van der Waals surface area contributed by atoms with Gasteiger partial charge in [-0.3, -0.25) is 0 Å². The Labute approximate surface area is 106 Å². The van der Waals surface area contributed by atoms with Crippen LogP contribution in [0.2, 0.25) is 0 Å². The average molecular weight is 251 g/mol. The Bertz CT molecular complexity index is 391. The molecule has 1 atom stereocenters. The SMILES string of the molecule is CCOC(=O)[C@H](C)NC(=O)OCc1ccccc1. The minimum Gasteiger partial charge on any atom is -0.464 e. The second-order valence-corrected chi connectivity index (χ2v) is 3.68. The van der Waals surface area contributed by atoms with Crippen molar-refractivity contribution in [1.82, 2.24) is 5.32 Å². The lowest BCUT2D eigenvalue weighted by atomic mass is 10.2. The van der Waals surface area contributed by atoms with Crippen LogP contribution in [-0.4, -0.2) is 24.7 Å². The normalized spacial score (nSPS) is 11.4. The van der Waals surface area contributed by atoms with E-state index in [1.807, 2.05) is 30.3 Å². The minimum absolute atomic E-state index is 0.169. The fourth-order valence-electron chi connectivity index (χ4n) is 1.27. The predicted molar refractivity (Wildman–Crippen MR) is 65.9 cm³/mol. The van der Waals surface area contributed by atoms with Gasteiger partial charge in [-0.25, -0.2) is 9.59 Å². The molecule has 18 heavy (non-hydrogen) atoms. The number of benzene rings is 1. The van der Waals surface area contributed by atoms with Gasteiger partial charge in [-0.05, 0) is 19.4 Å². The number of amides is 1. The van der Waals surface area contributed by atoms with E-state index >= 15 is 0 Å². The van der Waals surface area contributed by atoms with E-state index in [1.165, 1.54) is 0 Å². The molecule has 0 saturated heterocycles. The molecule has 0 bridgehead atoms. The van der Waals surface area contributed by atoms with Crippen molar-refractivity contribution in [1.29, 1.82) is 0 Å². The summed E-state index contributed by atoms with van der Waals surface area (Å²) in [6.45, 7) is 3.70. The standard InChI is InChI=1S/C13H17NO4/c1-3-17-12(15)10(2)14-13(16)18-9-11-7-5-4-6-8-11/h4-8,10H,3,9H2,1-2H3,(H,14,16)/t10-/m0/s1. The van der Waals surface area contributed by atoms with Gasteiger partial charge >= 0.3 is 12.1 Å². The molecule has 0 radical (unpaired) electrons. The van der Waals surface area contributed by atoms with E-state index in [0.717, 1.165) is 5.56 Å². The number of hydrogen-bond donors (Lipinski definition) is 1. The van der Waals surface area contributed by atoms with Crippen LogP contribution < -0.4 is 5.32 Å². The first-order valence-corrected chi connectivity index (χ1v) is 5.77. The number of nitrogens with one attached hydrogen (secondary N) is 1. The molecule has 0 saturated carbocycles. The van der Waals surface area contributed by atoms with Crippen LogP contribution in [0.25, 0.3) is 0 Å². The van der Waals surface area contributed by atoms with Crippen LogP contribution in [0.1, 0.15) is 19.4 Å². The largest absolute Gasteiger partial charge is 0.464 e. The number of hydrogen-bond acceptors (Lipinski definition) is 4. The fourth-order valence-corrected chi connectivity index (χ4v) is 1.27. The summed E-state index contributed by atoms with van der Waals surface area (Å²) in [5.41, 5.74) is 0.886. The lowest BCUT2D eigenvalue weighted by Crippen LogP contribution is -2.39. The first-order chi connectivity index (χ1) is 8.63. The molecule has 0 heterocycles. The van der Waals surface area contributed by atoms with Crippen molar-refractivity contribution in [3.63, 3.8) is 0 Å². The Balaban J connectivity index is 2.31. The highest BCUT2D eigenvalue weighted by molar-refractivity contribution is 5.80. The Morgan fingerprint density at radius 1 is 1.22 bits per heavy atom. The van der Waals surface area contributed by atoms with Crippen LogP contribution >= 0.6 is 0 Å². The number of alkyl carbamates (subject to hydrolysis) is 1. The van der Waals surface area contributed by atoms with Gasteiger partial charge in [0, 0.05) is 0 Å². The van der Waals surface area contributed by atoms with Crippen LogP contribution in [0, 0.1) is 0 Å². The highest BCUT2D eigenvalue weighted by atomic mass is 16.6. The summed E-state index contributed by atoms with van der Waals surface area (Å²) in [4.78, 5) is 22.7. The van der Waals surface area contributed by atoms with Crippen molar-refractivity contribution in [3.05, 3.63) is 35.9 Å². The van der Waals surface area contributed by atoms with Crippen molar-refractivity contribution in [2.24, 2.45) is 0 Å². The van der Waals surface area contributed by atoms with Gasteiger partial charge in [0.05, 0.1) is 6.61 Å². The maximum Gasteiger partial charge on any atom is 0.408 e. The van der Waals surface area contributed by atoms with Crippen LogP contribution in [0.15, 0.2) is 30.3 Å². The van der Waals surface area contributed by atoms with E-state index in [2.05, 4.69) is 5.32 Å². The van der Waals surface area contributed by atoms with Crippen LogP contribution in [0.4, 0.5) is 4.79 Å². The molecule has 1 rings (SSSR count). The number of ether oxygens (including phenoxy) is 2. The van der Waals surface area contributed by atoms with Gasteiger partial charge in [0.2, 0.25) is 0 Å². The Kier molecular flexibility index (Phi) is 5.70. The van der Waals surface area contributed by atoms with Crippen molar-refractivity contribution < 1.29 is 19.1 Å². The molecule has 5 nitrogen and oxygen atoms in total. The smallest absolute Gasteiger partial charge is 0.408 e. The lowest BCUT2D eigenvalue weighted by molar-refractivity contribution is -0.145. The lowest BCUT2D eigenvalue weighted by Gasteiger charge is -2.12. The van der Waals surface area contributed by atoms with E-state index in [-0.39, 0.29) is 13.2 Å². The molecular weight excluding hydrogens is 234 g/mol. The summed E-state index contributed by atoms with van der Waals surface area (Å²) in [5, 5.41) is 2.40. The summed E-state index contributed by atoms with van der Waals surface area (Å²) >= 11 is 0. The van der Waals surface area contributed by atoms with Crippen LogP contribution in [0.5, 0.6) is 0 Å². The Morgan fingerprint density at radius 3 is 2.50 bits per heavy atom. The maximum atomic E-state index is 11.4. The Hall–Kier alpha value is -2.04. The van der Waals surface area contributed by atoms with Gasteiger partial charge < -0.3 is 14.8 Å². The third-order valence-corrected chi connectivity index (χ3v) is 2.19. The van der Waals surface area contributed by atoms with Gasteiger partial charge in [-0.15, -0.1) is 0 Å². The van der Waals surface area contributed by atoms with E-state index in [9.17, 15) is 9.59 Å². The van der Waals surface area contributed by atoms with Crippen molar-refractivity contribution in [2.75, 3.05) is 6.61 Å². The number of carbonyl (C=O) groups is 2. The molecule has 5 heteroatoms. The molecule has 0 aliphatic carbocycles. The van der Waals surface area contributed by atoms with Gasteiger partial charge in [-0.1, -0.05) is 30.3 Å². The Morgan fingerprint density at radius 2 is 1.89 bits per heavy atom. The predicted octanol–water partition coefficient (Wildman–Crippen LogP) is 1.86. The van der Waals surface area contributed by atoms with E-state index < -0.39 is 18.1 Å². The van der Waals surface area contributed by atoms with Crippen molar-refractivity contribution in [3.8, 4) is 0 Å². The third-order valence-electron chi connectivity index (χ3n) is 2.19. The van der Waals surface area contributed by atoms with Crippen LogP contribution in [0.3, 0.4) is 0 Å². The van der Waals surface area contributed by atoms with Gasteiger partial charge in [-0.2, -0.15) is 0 Å². The van der Waals surface area contributed by atoms with Gasteiger partial charge in [0.1, 0.15) is 12.6 Å². The fraction of sp³-hybridized carbons (Fsp3) is 0.385. The zero-order valence-electron chi connectivity index (χ0n) is 10.5. The first kappa shape index (κ1) is 14.0. The van der Waals surface area contributed by atoms with Crippen LogP contribution in [-0.2, 0) is 20.9 Å². The molecule has 1 aromatic carbocycles. The molecule has 1 aromatic rings. The average Bonchev–Trinajstić information content (AvgIpc) is 2.38. The van der Waals surface area contributed by atoms with E-state index in [0.29, 0.717) is 0 Å². The zero-order chi connectivity index (χ0) is 13.4. The molecule has 0 aromatic heterocycles. The first-order valence-electron chi connectivity index (χ1n) is 5.77. The molecule has 0 aliphatic rings. The third kappa shape index (κ3) is 4.86. The highest BCUT2D eigenvalue weighted by Crippen LogP contribution is 2.00. The van der Waals surface area contributed by atoms with Crippen molar-refractivity contribution >= 4 is 12.1 Å². The second kappa shape index (κ2) is 7.32. The molecule has 98 valence electrons. The summed E-state index contributed by atoms with van der Waals surface area (Å²) in [6.07, 6.45) is -0.639. The highest BCUT2D eigenvalue weighted by Gasteiger charge is 2.16. The second-order valence-electron chi connectivity index (χ2n) is 3.68. The number of esters is 1. The molecule has 0 fully saturated rings. The monoisotopic (exact) mass is 251 g/mol. The zero-order valence-corrected chi connectivity index (χ0v) is 10.5. The number of carbonyl (C=O) groups excluding carboxylic acids is 2. The molecular formula is C13H17NO4. The molecule has 0 aliphatic heterocycles. The number of rotatable bonds is 5. The molecule has 1 amide bonds. The van der Waals surface area contributed by atoms with E-state index in [1.54, 1.807) is 13.8 Å². The summed E-state index contributed by atoms with van der Waals surface area (Å²) < 4.78 is 9.73. The van der Waals surface area contributed by atoms with Crippen molar-refractivity contribution in [2.45, 2.75) is 26.5 Å².